The fourth-order valence-electron chi connectivity index (χ4n) is 4.61. The number of nitrogens with one attached hydrogen (secondary N) is 2. The summed E-state index contributed by atoms with van der Waals surface area (Å²) in [5.41, 5.74) is 0.171. The van der Waals surface area contributed by atoms with Crippen LogP contribution < -0.4 is 15.5 Å². The molecule has 1 aliphatic carbocycles. The Kier molecular flexibility index (Phi) is 5.21. The van der Waals surface area contributed by atoms with E-state index in [-0.39, 0.29) is 46.6 Å². The normalized spacial score (nSPS) is 27.2. The van der Waals surface area contributed by atoms with Gasteiger partial charge in [-0.2, -0.15) is 0 Å². The van der Waals surface area contributed by atoms with E-state index in [1.807, 2.05) is 0 Å². The highest BCUT2D eigenvalue weighted by atomic mass is 16.6. The Labute approximate surface area is 168 Å². The molecule has 154 valence electrons. The summed E-state index contributed by atoms with van der Waals surface area (Å²) >= 11 is 0. The molecule has 29 heavy (non-hydrogen) atoms. The molecular weight excluding hydrogens is 376 g/mol. The van der Waals surface area contributed by atoms with Crippen molar-refractivity contribution in [3.05, 3.63) is 28.3 Å². The molecule has 1 aromatic rings. The maximum absolute atomic E-state index is 12.8. The maximum Gasteiger partial charge on any atom is 0.294 e. The first-order valence-electron chi connectivity index (χ1n) is 10.2. The SMILES string of the molecule is O=C1NCCCC[C@@H]1Nc1ccc(N2C(=O)[C@H]3CCCC[C@H]3C2=O)cc1[N+](=O)[O-]. The van der Waals surface area contributed by atoms with Crippen molar-refractivity contribution in [3.63, 3.8) is 0 Å². The molecule has 2 heterocycles. The van der Waals surface area contributed by atoms with Gasteiger partial charge < -0.3 is 10.6 Å². The summed E-state index contributed by atoms with van der Waals surface area (Å²) in [4.78, 5) is 49.9. The molecule has 1 saturated carbocycles. The second-order valence-corrected chi connectivity index (χ2v) is 7.95. The van der Waals surface area contributed by atoms with Crippen LogP contribution in [0.15, 0.2) is 18.2 Å². The number of hydrogen-bond acceptors (Lipinski definition) is 6. The zero-order chi connectivity index (χ0) is 20.5. The van der Waals surface area contributed by atoms with Crippen molar-refractivity contribution in [2.45, 2.75) is 51.0 Å². The Bertz CT molecular complexity index is 846. The Balaban J connectivity index is 1.62. The second kappa shape index (κ2) is 7.81. The third kappa shape index (κ3) is 3.56. The van der Waals surface area contributed by atoms with Crippen molar-refractivity contribution in [1.29, 1.82) is 0 Å². The Morgan fingerprint density at radius 2 is 1.66 bits per heavy atom. The molecule has 0 radical (unpaired) electrons. The molecule has 0 unspecified atom stereocenters. The van der Waals surface area contributed by atoms with Gasteiger partial charge in [0.15, 0.2) is 0 Å². The van der Waals surface area contributed by atoms with Gasteiger partial charge in [0.2, 0.25) is 17.7 Å². The molecule has 0 aromatic heterocycles. The van der Waals surface area contributed by atoms with Gasteiger partial charge in [0.25, 0.3) is 5.69 Å². The van der Waals surface area contributed by atoms with E-state index in [0.29, 0.717) is 25.8 Å². The summed E-state index contributed by atoms with van der Waals surface area (Å²) in [5.74, 6) is -1.35. The molecule has 0 spiro atoms. The molecule has 1 aromatic carbocycles. The zero-order valence-electron chi connectivity index (χ0n) is 16.1. The summed E-state index contributed by atoms with van der Waals surface area (Å²) in [5, 5.41) is 17.4. The Morgan fingerprint density at radius 3 is 2.31 bits per heavy atom. The Hall–Kier alpha value is -2.97. The van der Waals surface area contributed by atoms with E-state index in [1.54, 1.807) is 0 Å². The third-order valence-electron chi connectivity index (χ3n) is 6.14. The van der Waals surface area contributed by atoms with E-state index in [4.69, 9.17) is 0 Å². The van der Waals surface area contributed by atoms with Gasteiger partial charge in [0.1, 0.15) is 11.7 Å². The molecule has 2 aliphatic heterocycles. The fourth-order valence-corrected chi connectivity index (χ4v) is 4.61. The summed E-state index contributed by atoms with van der Waals surface area (Å²) in [6, 6.07) is 3.72. The van der Waals surface area contributed by atoms with Crippen molar-refractivity contribution in [3.8, 4) is 0 Å². The first-order valence-corrected chi connectivity index (χ1v) is 10.2. The molecule has 3 fully saturated rings. The lowest BCUT2D eigenvalue weighted by atomic mass is 9.81. The van der Waals surface area contributed by atoms with Crippen LogP contribution in [0.5, 0.6) is 0 Å². The third-order valence-corrected chi connectivity index (χ3v) is 6.14. The summed E-state index contributed by atoms with van der Waals surface area (Å²) in [7, 11) is 0. The average Bonchev–Trinajstić information content (AvgIpc) is 2.83. The number of imide groups is 1. The molecule has 0 bridgehead atoms. The number of nitrogens with zero attached hydrogens (tertiary/aromatic N) is 2. The summed E-state index contributed by atoms with van der Waals surface area (Å²) in [6.45, 7) is 0.597. The van der Waals surface area contributed by atoms with Crippen LogP contribution in [0.1, 0.15) is 44.9 Å². The van der Waals surface area contributed by atoms with Gasteiger partial charge >= 0.3 is 0 Å². The van der Waals surface area contributed by atoms with Crippen LogP contribution in [0.2, 0.25) is 0 Å². The van der Waals surface area contributed by atoms with Crippen LogP contribution in [-0.4, -0.2) is 35.2 Å². The average molecular weight is 400 g/mol. The molecular formula is C20H24N4O5. The van der Waals surface area contributed by atoms with Crippen LogP contribution in [0.25, 0.3) is 0 Å². The van der Waals surface area contributed by atoms with Gasteiger partial charge in [-0.1, -0.05) is 12.8 Å². The standard InChI is InChI=1S/C20H24N4O5/c25-18-16(7-3-4-10-21-18)22-15-9-8-12(11-17(15)24(28)29)23-19(26)13-5-1-2-6-14(13)20(23)27/h8-9,11,13-14,16,22H,1-7,10H2,(H,21,25)/t13-,14+,16-/m0/s1. The minimum atomic E-state index is -0.557. The van der Waals surface area contributed by atoms with E-state index in [0.717, 1.165) is 30.6 Å². The molecule has 3 aliphatic rings. The number of rotatable bonds is 4. The van der Waals surface area contributed by atoms with Gasteiger partial charge in [-0.15, -0.1) is 0 Å². The van der Waals surface area contributed by atoms with Crippen LogP contribution in [0.3, 0.4) is 0 Å². The number of amides is 3. The smallest absolute Gasteiger partial charge is 0.294 e. The predicted octanol–water partition coefficient (Wildman–Crippen LogP) is 2.35. The maximum atomic E-state index is 12.8. The highest BCUT2D eigenvalue weighted by Gasteiger charge is 2.49. The lowest BCUT2D eigenvalue weighted by Crippen LogP contribution is -2.38. The van der Waals surface area contributed by atoms with E-state index in [1.165, 1.54) is 18.2 Å². The van der Waals surface area contributed by atoms with E-state index < -0.39 is 11.0 Å². The van der Waals surface area contributed by atoms with Crippen LogP contribution in [-0.2, 0) is 14.4 Å². The van der Waals surface area contributed by atoms with Crippen molar-refractivity contribution in [2.75, 3.05) is 16.8 Å². The van der Waals surface area contributed by atoms with Crippen LogP contribution >= 0.6 is 0 Å². The van der Waals surface area contributed by atoms with Crippen molar-refractivity contribution < 1.29 is 19.3 Å². The molecule has 9 heteroatoms. The molecule has 4 rings (SSSR count). The Morgan fingerprint density at radius 1 is 1.00 bits per heavy atom. The van der Waals surface area contributed by atoms with E-state index in [2.05, 4.69) is 10.6 Å². The highest BCUT2D eigenvalue weighted by Crippen LogP contribution is 2.41. The lowest BCUT2D eigenvalue weighted by molar-refractivity contribution is -0.383. The highest BCUT2D eigenvalue weighted by molar-refractivity contribution is 6.22. The van der Waals surface area contributed by atoms with Gasteiger partial charge in [-0.25, -0.2) is 4.90 Å². The monoisotopic (exact) mass is 400 g/mol. The molecule has 2 saturated heterocycles. The van der Waals surface area contributed by atoms with Gasteiger partial charge in [-0.3, -0.25) is 24.5 Å². The van der Waals surface area contributed by atoms with E-state index in [9.17, 15) is 24.5 Å². The molecule has 9 nitrogen and oxygen atoms in total. The number of nitro groups is 1. The first kappa shape index (κ1) is 19.4. The number of carbonyl (C=O) groups excluding carboxylic acids is 3. The second-order valence-electron chi connectivity index (χ2n) is 7.95. The number of nitro benzene ring substituents is 1. The zero-order valence-corrected chi connectivity index (χ0v) is 16.1. The fraction of sp³-hybridized carbons (Fsp3) is 0.550. The van der Waals surface area contributed by atoms with Crippen molar-refractivity contribution >= 4 is 34.8 Å². The quantitative estimate of drug-likeness (QED) is 0.455. The van der Waals surface area contributed by atoms with Crippen molar-refractivity contribution in [1.82, 2.24) is 5.32 Å². The first-order chi connectivity index (χ1) is 14.0. The number of benzene rings is 1. The van der Waals surface area contributed by atoms with Gasteiger partial charge in [0.05, 0.1) is 22.4 Å². The minimum absolute atomic E-state index is 0.185. The summed E-state index contributed by atoms with van der Waals surface area (Å²) < 4.78 is 0. The van der Waals surface area contributed by atoms with Crippen LogP contribution in [0.4, 0.5) is 17.1 Å². The molecule has 3 atom stereocenters. The largest absolute Gasteiger partial charge is 0.368 e. The number of anilines is 2. The minimum Gasteiger partial charge on any atom is -0.368 e. The van der Waals surface area contributed by atoms with Gasteiger partial charge in [0, 0.05) is 12.6 Å². The summed E-state index contributed by atoms with van der Waals surface area (Å²) in [6.07, 6.45) is 5.49. The topological polar surface area (TPSA) is 122 Å². The molecule has 2 N–H and O–H groups in total. The van der Waals surface area contributed by atoms with E-state index >= 15 is 0 Å². The molecule has 3 amide bonds. The lowest BCUT2D eigenvalue weighted by Gasteiger charge is -2.19. The van der Waals surface area contributed by atoms with Crippen LogP contribution in [0, 0.1) is 22.0 Å². The predicted molar refractivity (Wildman–Crippen MR) is 105 cm³/mol. The van der Waals surface area contributed by atoms with Gasteiger partial charge in [-0.05, 0) is 44.2 Å². The number of hydrogen-bond donors (Lipinski definition) is 2. The number of carbonyl (C=O) groups is 3. The number of fused-ring (bicyclic) bond motifs is 1. The van der Waals surface area contributed by atoms with Crippen molar-refractivity contribution in [2.24, 2.45) is 11.8 Å².